The smallest absolute Gasteiger partial charge is 0.257 e. The highest BCUT2D eigenvalue weighted by Gasteiger charge is 2.10. The van der Waals surface area contributed by atoms with Gasteiger partial charge in [0.1, 0.15) is 17.4 Å². The second-order valence-corrected chi connectivity index (χ2v) is 4.06. The highest BCUT2D eigenvalue weighted by molar-refractivity contribution is 6.30. The van der Waals surface area contributed by atoms with Crippen LogP contribution in [0.1, 0.15) is 11.4 Å². The van der Waals surface area contributed by atoms with Gasteiger partial charge in [-0.2, -0.15) is 0 Å². The first-order chi connectivity index (χ1) is 8.45. The van der Waals surface area contributed by atoms with E-state index in [0.717, 1.165) is 18.2 Å². The van der Waals surface area contributed by atoms with Crippen molar-refractivity contribution in [3.05, 3.63) is 46.4 Å². The number of benzene rings is 1. The number of aromatic nitrogens is 2. The molecule has 0 spiro atoms. The summed E-state index contributed by atoms with van der Waals surface area (Å²) in [6.07, 6.45) is 0. The van der Waals surface area contributed by atoms with Gasteiger partial charge in [-0.05, 0) is 13.8 Å². The molecule has 0 bridgehead atoms. The lowest BCUT2D eigenvalue weighted by atomic mass is 10.3. The van der Waals surface area contributed by atoms with E-state index in [0.29, 0.717) is 11.4 Å². The van der Waals surface area contributed by atoms with Crippen LogP contribution in [0.15, 0.2) is 18.2 Å². The standard InChI is InChI=1S/C12H9ClF2N2O/c1-6-7(2)17-12(11(13)16-6)18-10-4-8(14)3-9(15)5-10/h3-5H,1-2H3. The molecule has 18 heavy (non-hydrogen) atoms. The summed E-state index contributed by atoms with van der Waals surface area (Å²) in [5.41, 5.74) is 1.30. The van der Waals surface area contributed by atoms with Crippen molar-refractivity contribution in [2.75, 3.05) is 0 Å². The lowest BCUT2D eigenvalue weighted by molar-refractivity contribution is 0.447. The van der Waals surface area contributed by atoms with Crippen LogP contribution in [0.5, 0.6) is 11.6 Å². The first-order valence-corrected chi connectivity index (χ1v) is 5.48. The minimum atomic E-state index is -0.738. The highest BCUT2D eigenvalue weighted by Crippen LogP contribution is 2.27. The van der Waals surface area contributed by atoms with Crippen LogP contribution in [0.3, 0.4) is 0 Å². The predicted octanol–water partition coefficient (Wildman–Crippen LogP) is 3.82. The quantitative estimate of drug-likeness (QED) is 0.832. The third-order valence-corrected chi connectivity index (χ3v) is 2.53. The monoisotopic (exact) mass is 270 g/mol. The zero-order valence-electron chi connectivity index (χ0n) is 9.67. The second kappa shape index (κ2) is 4.86. The topological polar surface area (TPSA) is 35.0 Å². The van der Waals surface area contributed by atoms with E-state index in [2.05, 4.69) is 9.97 Å². The van der Waals surface area contributed by atoms with E-state index in [4.69, 9.17) is 16.3 Å². The lowest BCUT2D eigenvalue weighted by Gasteiger charge is -2.08. The van der Waals surface area contributed by atoms with E-state index in [1.165, 1.54) is 0 Å². The van der Waals surface area contributed by atoms with Gasteiger partial charge in [0, 0.05) is 18.2 Å². The molecule has 0 saturated carbocycles. The van der Waals surface area contributed by atoms with Crippen LogP contribution in [0.4, 0.5) is 8.78 Å². The third-order valence-electron chi connectivity index (χ3n) is 2.29. The Balaban J connectivity index is 2.36. The molecule has 0 aliphatic carbocycles. The molecule has 0 atom stereocenters. The fourth-order valence-corrected chi connectivity index (χ4v) is 1.53. The van der Waals surface area contributed by atoms with Crippen molar-refractivity contribution in [3.63, 3.8) is 0 Å². The molecule has 94 valence electrons. The van der Waals surface area contributed by atoms with Crippen LogP contribution in [0.25, 0.3) is 0 Å². The van der Waals surface area contributed by atoms with E-state index >= 15 is 0 Å². The number of ether oxygens (including phenoxy) is 1. The molecule has 3 nitrogen and oxygen atoms in total. The van der Waals surface area contributed by atoms with Crippen molar-refractivity contribution >= 4 is 11.6 Å². The summed E-state index contributed by atoms with van der Waals surface area (Å²) in [7, 11) is 0. The van der Waals surface area contributed by atoms with Crippen molar-refractivity contribution in [3.8, 4) is 11.6 Å². The van der Waals surface area contributed by atoms with E-state index in [1.807, 2.05) is 0 Å². The van der Waals surface area contributed by atoms with Crippen molar-refractivity contribution in [1.29, 1.82) is 0 Å². The Hall–Kier alpha value is -1.75. The van der Waals surface area contributed by atoms with E-state index < -0.39 is 11.6 Å². The Morgan fingerprint density at radius 3 is 2.17 bits per heavy atom. The van der Waals surface area contributed by atoms with Gasteiger partial charge in [-0.3, -0.25) is 0 Å². The van der Waals surface area contributed by atoms with Crippen LogP contribution < -0.4 is 4.74 Å². The van der Waals surface area contributed by atoms with Gasteiger partial charge in [-0.25, -0.2) is 18.7 Å². The SMILES string of the molecule is Cc1nc(Cl)c(Oc2cc(F)cc(F)c2)nc1C. The summed E-state index contributed by atoms with van der Waals surface area (Å²) in [6.45, 7) is 3.48. The number of hydrogen-bond donors (Lipinski definition) is 0. The molecule has 0 N–H and O–H groups in total. The summed E-state index contributed by atoms with van der Waals surface area (Å²) in [6, 6.07) is 2.83. The minimum Gasteiger partial charge on any atom is -0.436 e. The largest absolute Gasteiger partial charge is 0.436 e. The average Bonchev–Trinajstić information content (AvgIpc) is 2.24. The van der Waals surface area contributed by atoms with Crippen molar-refractivity contribution in [2.45, 2.75) is 13.8 Å². The summed E-state index contributed by atoms with van der Waals surface area (Å²) >= 11 is 5.84. The van der Waals surface area contributed by atoms with Gasteiger partial charge >= 0.3 is 0 Å². The lowest BCUT2D eigenvalue weighted by Crippen LogP contribution is -1.97. The first kappa shape index (κ1) is 12.7. The van der Waals surface area contributed by atoms with E-state index in [1.54, 1.807) is 13.8 Å². The van der Waals surface area contributed by atoms with Crippen LogP contribution >= 0.6 is 11.6 Å². The van der Waals surface area contributed by atoms with Crippen LogP contribution in [-0.2, 0) is 0 Å². The van der Waals surface area contributed by atoms with Crippen molar-refractivity contribution in [1.82, 2.24) is 9.97 Å². The second-order valence-electron chi connectivity index (χ2n) is 3.70. The summed E-state index contributed by atoms with van der Waals surface area (Å²) < 4.78 is 31.2. The molecular weight excluding hydrogens is 262 g/mol. The van der Waals surface area contributed by atoms with Gasteiger partial charge in [-0.1, -0.05) is 11.6 Å². The Labute approximate surface area is 107 Å². The van der Waals surface area contributed by atoms with E-state index in [9.17, 15) is 8.78 Å². The number of halogens is 3. The molecule has 0 aliphatic heterocycles. The molecule has 0 unspecified atom stereocenters. The molecule has 0 saturated heterocycles. The fourth-order valence-electron chi connectivity index (χ4n) is 1.32. The molecular formula is C12H9ClF2N2O. The molecule has 2 aromatic rings. The summed E-state index contributed by atoms with van der Waals surface area (Å²) in [5.74, 6) is -1.48. The Morgan fingerprint density at radius 2 is 1.56 bits per heavy atom. The zero-order chi connectivity index (χ0) is 13.3. The van der Waals surface area contributed by atoms with E-state index in [-0.39, 0.29) is 16.8 Å². The summed E-state index contributed by atoms with van der Waals surface area (Å²) in [5, 5.41) is 0.0442. The molecule has 0 radical (unpaired) electrons. The summed E-state index contributed by atoms with van der Waals surface area (Å²) in [4.78, 5) is 8.07. The molecule has 1 aromatic carbocycles. The molecule has 0 amide bonds. The third kappa shape index (κ3) is 2.73. The van der Waals surface area contributed by atoms with Gasteiger partial charge in [-0.15, -0.1) is 0 Å². The minimum absolute atomic E-state index is 0.0183. The highest BCUT2D eigenvalue weighted by atomic mass is 35.5. The molecule has 2 rings (SSSR count). The fraction of sp³-hybridized carbons (Fsp3) is 0.167. The van der Waals surface area contributed by atoms with Crippen LogP contribution in [0, 0.1) is 25.5 Å². The molecule has 1 heterocycles. The van der Waals surface area contributed by atoms with Gasteiger partial charge in [0.15, 0.2) is 5.15 Å². The first-order valence-electron chi connectivity index (χ1n) is 5.10. The van der Waals surface area contributed by atoms with Crippen molar-refractivity contribution < 1.29 is 13.5 Å². The van der Waals surface area contributed by atoms with Crippen LogP contribution in [-0.4, -0.2) is 9.97 Å². The number of nitrogens with zero attached hydrogens (tertiary/aromatic N) is 2. The van der Waals surface area contributed by atoms with Gasteiger partial charge in [0.05, 0.1) is 11.4 Å². The molecule has 6 heteroatoms. The normalized spacial score (nSPS) is 10.5. The Morgan fingerprint density at radius 1 is 1.00 bits per heavy atom. The predicted molar refractivity (Wildman–Crippen MR) is 62.9 cm³/mol. The molecule has 0 aliphatic rings. The number of rotatable bonds is 2. The number of aryl methyl sites for hydroxylation is 2. The Bertz CT molecular complexity index is 585. The molecule has 0 fully saturated rings. The molecule has 1 aromatic heterocycles. The maximum atomic E-state index is 13.0. The number of hydrogen-bond acceptors (Lipinski definition) is 3. The average molecular weight is 271 g/mol. The Kier molecular flexibility index (Phi) is 3.43. The van der Waals surface area contributed by atoms with Gasteiger partial charge < -0.3 is 4.74 Å². The van der Waals surface area contributed by atoms with Crippen LogP contribution in [0.2, 0.25) is 5.15 Å². The maximum Gasteiger partial charge on any atom is 0.257 e. The zero-order valence-corrected chi connectivity index (χ0v) is 10.4. The maximum absolute atomic E-state index is 13.0. The van der Waals surface area contributed by atoms with Gasteiger partial charge in [0.2, 0.25) is 0 Å². The van der Waals surface area contributed by atoms with Gasteiger partial charge in [0.25, 0.3) is 5.88 Å². The van der Waals surface area contributed by atoms with Crippen molar-refractivity contribution in [2.24, 2.45) is 0 Å².